The first-order valence-electron chi connectivity index (χ1n) is 9.41. The number of hydrogen-bond donors (Lipinski definition) is 1. The summed E-state index contributed by atoms with van der Waals surface area (Å²) in [6, 6.07) is 10.1. The lowest BCUT2D eigenvalue weighted by Gasteiger charge is -2.31. The van der Waals surface area contributed by atoms with Crippen molar-refractivity contribution in [2.75, 3.05) is 13.1 Å². The number of nitrogens with zero attached hydrogens (tertiary/aromatic N) is 4. The zero-order valence-corrected chi connectivity index (χ0v) is 15.8. The molecule has 7 heteroatoms. The Kier molecular flexibility index (Phi) is 5.88. The van der Waals surface area contributed by atoms with Gasteiger partial charge in [-0.3, -0.25) is 9.59 Å². The van der Waals surface area contributed by atoms with Crippen molar-refractivity contribution in [3.05, 3.63) is 47.3 Å². The SMILES string of the molecule is C[C@H]1CN(C(=O)CCC(=O)O)CCc2c(nnn2Cc2ccccc2)[C@@H]1C. The van der Waals surface area contributed by atoms with Crippen molar-refractivity contribution in [2.45, 2.75) is 45.6 Å². The molecule has 2 aromatic rings. The molecule has 0 aliphatic carbocycles. The molecular formula is C20H26N4O3. The number of carbonyl (C=O) groups excluding carboxylic acids is 1. The molecule has 144 valence electrons. The highest BCUT2D eigenvalue weighted by Gasteiger charge is 2.29. The van der Waals surface area contributed by atoms with E-state index in [-0.39, 0.29) is 30.6 Å². The fourth-order valence-electron chi connectivity index (χ4n) is 3.55. The van der Waals surface area contributed by atoms with Crippen molar-refractivity contribution < 1.29 is 14.7 Å². The van der Waals surface area contributed by atoms with Crippen LogP contribution in [0.2, 0.25) is 0 Å². The van der Waals surface area contributed by atoms with E-state index in [9.17, 15) is 9.59 Å². The van der Waals surface area contributed by atoms with Crippen LogP contribution in [-0.4, -0.2) is 50.0 Å². The van der Waals surface area contributed by atoms with Gasteiger partial charge in [0.1, 0.15) is 0 Å². The third-order valence-corrected chi connectivity index (χ3v) is 5.36. The Morgan fingerprint density at radius 2 is 1.93 bits per heavy atom. The summed E-state index contributed by atoms with van der Waals surface area (Å²) in [4.78, 5) is 25.1. The number of carboxylic acid groups (broad SMARTS) is 1. The van der Waals surface area contributed by atoms with E-state index < -0.39 is 5.97 Å². The predicted octanol–water partition coefficient (Wildman–Crippen LogP) is 2.32. The third kappa shape index (κ3) is 4.53. The van der Waals surface area contributed by atoms with Crippen LogP contribution in [0.1, 0.15) is 49.6 Å². The maximum Gasteiger partial charge on any atom is 0.303 e. The molecule has 0 bridgehead atoms. The number of fused-ring (bicyclic) bond motifs is 1. The van der Waals surface area contributed by atoms with Crippen LogP contribution < -0.4 is 0 Å². The van der Waals surface area contributed by atoms with E-state index in [4.69, 9.17) is 5.11 Å². The topological polar surface area (TPSA) is 88.3 Å². The van der Waals surface area contributed by atoms with Crippen molar-refractivity contribution in [3.8, 4) is 0 Å². The van der Waals surface area contributed by atoms with Crippen LogP contribution in [0.4, 0.5) is 0 Å². The Morgan fingerprint density at radius 3 is 2.63 bits per heavy atom. The molecular weight excluding hydrogens is 344 g/mol. The lowest BCUT2D eigenvalue weighted by atomic mass is 9.89. The Morgan fingerprint density at radius 1 is 1.19 bits per heavy atom. The van der Waals surface area contributed by atoms with Gasteiger partial charge in [-0.25, -0.2) is 4.68 Å². The molecule has 0 spiro atoms. The van der Waals surface area contributed by atoms with Crippen LogP contribution in [0.15, 0.2) is 30.3 Å². The van der Waals surface area contributed by atoms with Crippen LogP contribution >= 0.6 is 0 Å². The average molecular weight is 370 g/mol. The van der Waals surface area contributed by atoms with Crippen molar-refractivity contribution in [3.63, 3.8) is 0 Å². The maximum absolute atomic E-state index is 12.5. The minimum absolute atomic E-state index is 0.0464. The zero-order valence-electron chi connectivity index (χ0n) is 15.8. The highest BCUT2D eigenvalue weighted by Crippen LogP contribution is 2.29. The molecule has 1 aliphatic heterocycles. The van der Waals surface area contributed by atoms with Crippen LogP contribution in [0, 0.1) is 5.92 Å². The number of carboxylic acids is 1. The summed E-state index contributed by atoms with van der Waals surface area (Å²) in [6.45, 7) is 6.05. The van der Waals surface area contributed by atoms with E-state index in [1.54, 1.807) is 4.90 Å². The minimum atomic E-state index is -0.941. The Balaban J connectivity index is 1.80. The molecule has 2 atom stereocenters. The van der Waals surface area contributed by atoms with E-state index in [2.05, 4.69) is 36.3 Å². The van der Waals surface area contributed by atoms with E-state index in [1.165, 1.54) is 0 Å². The fourth-order valence-corrected chi connectivity index (χ4v) is 3.55. The van der Waals surface area contributed by atoms with E-state index in [1.807, 2.05) is 22.9 Å². The van der Waals surface area contributed by atoms with Gasteiger partial charge in [0.25, 0.3) is 0 Å². The van der Waals surface area contributed by atoms with E-state index in [0.717, 1.165) is 17.0 Å². The number of rotatable bonds is 5. The standard InChI is InChI=1S/C20H26N4O3/c1-14-12-23(18(25)8-9-19(26)27)11-10-17-20(15(14)2)21-22-24(17)13-16-6-4-3-5-7-16/h3-7,14-15H,8-13H2,1-2H3,(H,26,27)/t14-,15+/m0/s1. The fraction of sp³-hybridized carbons (Fsp3) is 0.500. The second-order valence-electron chi connectivity index (χ2n) is 7.31. The summed E-state index contributed by atoms with van der Waals surface area (Å²) in [5.41, 5.74) is 3.23. The van der Waals surface area contributed by atoms with Crippen molar-refractivity contribution in [2.24, 2.45) is 5.92 Å². The summed E-state index contributed by atoms with van der Waals surface area (Å²) in [6.07, 6.45) is 0.591. The first-order valence-corrected chi connectivity index (χ1v) is 9.41. The maximum atomic E-state index is 12.5. The molecule has 1 aliphatic rings. The Hall–Kier alpha value is -2.70. The summed E-state index contributed by atoms with van der Waals surface area (Å²) < 4.78 is 1.93. The average Bonchev–Trinajstić information content (AvgIpc) is 3.04. The number of aromatic nitrogens is 3. The number of carbonyl (C=O) groups is 2. The second kappa shape index (κ2) is 8.33. The molecule has 27 heavy (non-hydrogen) atoms. The van der Waals surface area contributed by atoms with E-state index >= 15 is 0 Å². The Labute approximate surface area is 159 Å². The molecule has 0 radical (unpaired) electrons. The molecule has 1 N–H and O–H groups in total. The third-order valence-electron chi connectivity index (χ3n) is 5.36. The molecule has 7 nitrogen and oxygen atoms in total. The van der Waals surface area contributed by atoms with Gasteiger partial charge >= 0.3 is 5.97 Å². The van der Waals surface area contributed by atoms with E-state index in [0.29, 0.717) is 26.1 Å². The molecule has 1 aromatic heterocycles. The van der Waals surface area contributed by atoms with Gasteiger partial charge in [-0.1, -0.05) is 49.4 Å². The number of amides is 1. The lowest BCUT2D eigenvalue weighted by Crippen LogP contribution is -2.39. The summed E-state index contributed by atoms with van der Waals surface area (Å²) in [7, 11) is 0. The minimum Gasteiger partial charge on any atom is -0.481 e. The van der Waals surface area contributed by atoms with Gasteiger partial charge in [0.05, 0.1) is 24.4 Å². The number of hydrogen-bond acceptors (Lipinski definition) is 4. The van der Waals surface area contributed by atoms with Crippen LogP contribution in [-0.2, 0) is 22.6 Å². The molecule has 0 saturated heterocycles. The molecule has 2 heterocycles. The van der Waals surface area contributed by atoms with Crippen molar-refractivity contribution >= 4 is 11.9 Å². The number of aliphatic carboxylic acids is 1. The van der Waals surface area contributed by atoms with Gasteiger partial charge in [-0.2, -0.15) is 0 Å². The zero-order chi connectivity index (χ0) is 19.4. The quantitative estimate of drug-likeness (QED) is 0.872. The summed E-state index contributed by atoms with van der Waals surface area (Å²) >= 11 is 0. The smallest absolute Gasteiger partial charge is 0.303 e. The van der Waals surface area contributed by atoms with Gasteiger partial charge in [0.15, 0.2) is 0 Å². The number of benzene rings is 1. The largest absolute Gasteiger partial charge is 0.481 e. The normalized spacial score (nSPS) is 19.9. The summed E-state index contributed by atoms with van der Waals surface area (Å²) in [5.74, 6) is -0.634. The molecule has 1 aromatic carbocycles. The highest BCUT2D eigenvalue weighted by atomic mass is 16.4. The molecule has 3 rings (SSSR count). The first-order chi connectivity index (χ1) is 13.0. The van der Waals surface area contributed by atoms with Crippen LogP contribution in [0.5, 0.6) is 0 Å². The van der Waals surface area contributed by atoms with Crippen molar-refractivity contribution in [1.29, 1.82) is 0 Å². The van der Waals surface area contributed by atoms with Gasteiger partial charge in [0, 0.05) is 31.8 Å². The van der Waals surface area contributed by atoms with Gasteiger partial charge in [-0.15, -0.1) is 5.10 Å². The Bertz CT molecular complexity index is 803. The van der Waals surface area contributed by atoms with Gasteiger partial charge in [-0.05, 0) is 11.5 Å². The molecule has 0 unspecified atom stereocenters. The van der Waals surface area contributed by atoms with Gasteiger partial charge < -0.3 is 10.0 Å². The molecule has 1 amide bonds. The molecule has 0 saturated carbocycles. The highest BCUT2D eigenvalue weighted by molar-refractivity contribution is 5.80. The lowest BCUT2D eigenvalue weighted by molar-refractivity contribution is -0.141. The second-order valence-corrected chi connectivity index (χ2v) is 7.31. The monoisotopic (exact) mass is 370 g/mol. The summed E-state index contributed by atoms with van der Waals surface area (Å²) in [5, 5.41) is 17.7. The van der Waals surface area contributed by atoms with Crippen LogP contribution in [0.25, 0.3) is 0 Å². The van der Waals surface area contributed by atoms with Gasteiger partial charge in [0.2, 0.25) is 5.91 Å². The predicted molar refractivity (Wildman–Crippen MR) is 100 cm³/mol. The first kappa shape index (κ1) is 19.1. The van der Waals surface area contributed by atoms with Crippen molar-refractivity contribution in [1.82, 2.24) is 19.9 Å². The van der Waals surface area contributed by atoms with Crippen LogP contribution in [0.3, 0.4) is 0 Å². The molecule has 0 fully saturated rings.